The van der Waals surface area contributed by atoms with E-state index in [9.17, 15) is 0 Å². The predicted molar refractivity (Wildman–Crippen MR) is 77.3 cm³/mol. The van der Waals surface area contributed by atoms with Crippen LogP contribution in [-0.4, -0.2) is 25.4 Å². The first-order valence-electron chi connectivity index (χ1n) is 6.34. The number of anilines is 1. The quantitative estimate of drug-likeness (QED) is 0.920. The molecule has 1 heterocycles. The third kappa shape index (κ3) is 3.39. The van der Waals surface area contributed by atoms with Gasteiger partial charge in [0, 0.05) is 16.6 Å². The molecular weight excluding hydrogens is 294 g/mol. The Morgan fingerprint density at radius 1 is 1.28 bits per heavy atom. The van der Waals surface area contributed by atoms with E-state index in [-0.39, 0.29) is 0 Å². The zero-order chi connectivity index (χ0) is 13.1. The van der Waals surface area contributed by atoms with Gasteiger partial charge in [0.15, 0.2) is 0 Å². The molecule has 1 fully saturated rings. The Balaban J connectivity index is 2.08. The molecule has 0 bridgehead atoms. The first kappa shape index (κ1) is 13.7. The molecule has 0 aliphatic carbocycles. The molecular formula is C14H20BrNO2. The van der Waals surface area contributed by atoms with E-state index in [4.69, 9.17) is 9.47 Å². The Bertz CT molecular complexity index is 401. The highest BCUT2D eigenvalue weighted by molar-refractivity contribution is 9.10. The molecule has 2 unspecified atom stereocenters. The average molecular weight is 314 g/mol. The van der Waals surface area contributed by atoms with Gasteiger partial charge in [-0.3, -0.25) is 0 Å². The van der Waals surface area contributed by atoms with Crippen molar-refractivity contribution in [1.29, 1.82) is 0 Å². The van der Waals surface area contributed by atoms with Crippen LogP contribution < -0.4 is 10.1 Å². The van der Waals surface area contributed by atoms with Gasteiger partial charge in [-0.1, -0.05) is 0 Å². The summed E-state index contributed by atoms with van der Waals surface area (Å²) < 4.78 is 12.1. The fourth-order valence-electron chi connectivity index (χ4n) is 2.48. The van der Waals surface area contributed by atoms with E-state index in [0.29, 0.717) is 18.2 Å². The molecule has 1 aromatic carbocycles. The smallest absolute Gasteiger partial charge is 0.121 e. The zero-order valence-electron chi connectivity index (χ0n) is 11.1. The summed E-state index contributed by atoms with van der Waals surface area (Å²) in [5.74, 6) is 0.869. The van der Waals surface area contributed by atoms with E-state index in [1.54, 1.807) is 7.11 Å². The van der Waals surface area contributed by atoms with Gasteiger partial charge in [0.05, 0.1) is 25.0 Å². The highest BCUT2D eigenvalue weighted by atomic mass is 79.9. The zero-order valence-corrected chi connectivity index (χ0v) is 12.7. The highest BCUT2D eigenvalue weighted by Crippen LogP contribution is 2.30. The van der Waals surface area contributed by atoms with Crippen molar-refractivity contribution in [3.8, 4) is 5.75 Å². The van der Waals surface area contributed by atoms with Crippen LogP contribution in [0.2, 0.25) is 0 Å². The van der Waals surface area contributed by atoms with Crippen LogP contribution >= 0.6 is 15.9 Å². The lowest BCUT2D eigenvalue weighted by Crippen LogP contribution is -2.36. The molecule has 0 amide bonds. The summed E-state index contributed by atoms with van der Waals surface area (Å²) in [7, 11) is 1.69. The van der Waals surface area contributed by atoms with E-state index < -0.39 is 0 Å². The molecule has 3 nitrogen and oxygen atoms in total. The molecule has 2 rings (SSSR count). The van der Waals surface area contributed by atoms with Crippen molar-refractivity contribution in [3.63, 3.8) is 0 Å². The van der Waals surface area contributed by atoms with Crippen LogP contribution in [0.1, 0.15) is 26.7 Å². The molecule has 1 saturated heterocycles. The minimum atomic E-state index is 0.315. The predicted octanol–water partition coefficient (Wildman–Crippen LogP) is 3.83. The largest absolute Gasteiger partial charge is 0.497 e. The monoisotopic (exact) mass is 313 g/mol. The summed E-state index contributed by atoms with van der Waals surface area (Å²) in [6.07, 6.45) is 2.70. The number of hydrogen-bond donors (Lipinski definition) is 1. The Labute approximate surface area is 117 Å². The standard InChI is InChI=1S/C14H20BrNO2/c1-9-6-11(7-10(2)18-9)16-14-8-12(17-3)4-5-13(14)15/h4-5,8-11,16H,6-7H2,1-3H3. The maximum absolute atomic E-state index is 5.75. The SMILES string of the molecule is COc1ccc(Br)c(NC2CC(C)OC(C)C2)c1. The van der Waals surface area contributed by atoms with Crippen LogP contribution in [0.5, 0.6) is 5.75 Å². The number of hydrogen-bond acceptors (Lipinski definition) is 3. The number of benzene rings is 1. The minimum absolute atomic E-state index is 0.315. The highest BCUT2D eigenvalue weighted by Gasteiger charge is 2.24. The maximum atomic E-state index is 5.75. The molecule has 0 spiro atoms. The summed E-state index contributed by atoms with van der Waals surface area (Å²) >= 11 is 3.57. The molecule has 1 N–H and O–H groups in total. The fraction of sp³-hybridized carbons (Fsp3) is 0.571. The Kier molecular flexibility index (Phi) is 4.51. The topological polar surface area (TPSA) is 30.5 Å². The molecule has 4 heteroatoms. The van der Waals surface area contributed by atoms with Crippen molar-refractivity contribution < 1.29 is 9.47 Å². The van der Waals surface area contributed by atoms with Gasteiger partial charge in [-0.2, -0.15) is 0 Å². The molecule has 18 heavy (non-hydrogen) atoms. The van der Waals surface area contributed by atoms with Gasteiger partial charge in [0.25, 0.3) is 0 Å². The van der Waals surface area contributed by atoms with Crippen molar-refractivity contribution in [2.45, 2.75) is 44.9 Å². The first-order valence-corrected chi connectivity index (χ1v) is 7.13. The van der Waals surface area contributed by atoms with Gasteiger partial charge >= 0.3 is 0 Å². The molecule has 2 atom stereocenters. The van der Waals surface area contributed by atoms with Gasteiger partial charge in [0.2, 0.25) is 0 Å². The fourth-order valence-corrected chi connectivity index (χ4v) is 2.85. The van der Waals surface area contributed by atoms with Crippen LogP contribution in [0.4, 0.5) is 5.69 Å². The van der Waals surface area contributed by atoms with Crippen molar-refractivity contribution in [3.05, 3.63) is 22.7 Å². The second-order valence-electron chi connectivity index (χ2n) is 4.92. The van der Waals surface area contributed by atoms with Crippen LogP contribution in [0, 0.1) is 0 Å². The Hall–Kier alpha value is -0.740. The maximum Gasteiger partial charge on any atom is 0.121 e. The number of rotatable bonds is 3. The number of halogens is 1. The lowest BCUT2D eigenvalue weighted by molar-refractivity contribution is -0.0337. The number of methoxy groups -OCH3 is 1. The number of ether oxygens (including phenoxy) is 2. The van der Waals surface area contributed by atoms with Gasteiger partial charge in [-0.15, -0.1) is 0 Å². The van der Waals surface area contributed by atoms with E-state index in [1.165, 1.54) is 0 Å². The number of nitrogens with one attached hydrogen (secondary N) is 1. The molecule has 100 valence electrons. The van der Waals surface area contributed by atoms with Crippen LogP contribution in [0.25, 0.3) is 0 Å². The van der Waals surface area contributed by atoms with Crippen LogP contribution in [0.3, 0.4) is 0 Å². The Morgan fingerprint density at radius 2 is 1.94 bits per heavy atom. The first-order chi connectivity index (χ1) is 8.58. The molecule has 1 aromatic rings. The summed E-state index contributed by atoms with van der Waals surface area (Å²) in [5, 5.41) is 3.58. The average Bonchev–Trinajstić information content (AvgIpc) is 2.30. The van der Waals surface area contributed by atoms with Crippen molar-refractivity contribution in [2.75, 3.05) is 12.4 Å². The van der Waals surface area contributed by atoms with Gasteiger partial charge in [0.1, 0.15) is 5.75 Å². The van der Waals surface area contributed by atoms with Crippen molar-refractivity contribution in [2.24, 2.45) is 0 Å². The van der Waals surface area contributed by atoms with Gasteiger partial charge in [-0.25, -0.2) is 0 Å². The normalized spacial score (nSPS) is 27.9. The van der Waals surface area contributed by atoms with Crippen LogP contribution in [0.15, 0.2) is 22.7 Å². The molecule has 1 aliphatic rings. The summed E-state index contributed by atoms with van der Waals surface area (Å²) in [6.45, 7) is 4.26. The van der Waals surface area contributed by atoms with Crippen LogP contribution in [-0.2, 0) is 4.74 Å². The second-order valence-corrected chi connectivity index (χ2v) is 5.77. The van der Waals surface area contributed by atoms with Gasteiger partial charge < -0.3 is 14.8 Å². The second kappa shape index (κ2) is 5.93. The summed E-state index contributed by atoms with van der Waals surface area (Å²) in [5.41, 5.74) is 1.08. The third-order valence-corrected chi connectivity index (χ3v) is 3.92. The molecule has 0 radical (unpaired) electrons. The molecule has 1 aliphatic heterocycles. The third-order valence-electron chi connectivity index (χ3n) is 3.23. The van der Waals surface area contributed by atoms with E-state index in [2.05, 4.69) is 35.1 Å². The summed E-state index contributed by atoms with van der Waals surface area (Å²) in [6, 6.07) is 6.43. The molecule has 0 aromatic heterocycles. The van der Waals surface area contributed by atoms with E-state index in [1.807, 2.05) is 18.2 Å². The lowest BCUT2D eigenvalue weighted by atomic mass is 9.99. The summed E-state index contributed by atoms with van der Waals surface area (Å²) in [4.78, 5) is 0. The minimum Gasteiger partial charge on any atom is -0.497 e. The molecule has 0 saturated carbocycles. The van der Waals surface area contributed by atoms with E-state index in [0.717, 1.165) is 28.8 Å². The van der Waals surface area contributed by atoms with Crippen molar-refractivity contribution >= 4 is 21.6 Å². The van der Waals surface area contributed by atoms with Gasteiger partial charge in [-0.05, 0) is 54.8 Å². The van der Waals surface area contributed by atoms with E-state index >= 15 is 0 Å². The lowest BCUT2D eigenvalue weighted by Gasteiger charge is -2.33. The van der Waals surface area contributed by atoms with Crippen molar-refractivity contribution in [1.82, 2.24) is 0 Å². The Morgan fingerprint density at radius 3 is 2.56 bits per heavy atom.